The van der Waals surface area contributed by atoms with Gasteiger partial charge < -0.3 is 10.1 Å². The number of nitrogens with zero attached hydrogens (tertiary/aromatic N) is 1. The first-order valence-corrected chi connectivity index (χ1v) is 10.4. The largest absolute Gasteiger partial charge is 0.381 e. The van der Waals surface area contributed by atoms with E-state index in [0.717, 1.165) is 14.9 Å². The first-order valence-electron chi connectivity index (χ1n) is 9.61. The number of hydrogen-bond acceptors (Lipinski definition) is 4. The van der Waals surface area contributed by atoms with Gasteiger partial charge in [-0.05, 0) is 48.7 Å². The first-order chi connectivity index (χ1) is 14.0. The normalized spacial score (nSPS) is 18.7. The molecule has 2 aromatic rings. The summed E-state index contributed by atoms with van der Waals surface area (Å²) >= 11 is 3.51. The highest BCUT2D eigenvalue weighted by atomic mass is 79.9. The van der Waals surface area contributed by atoms with Crippen molar-refractivity contribution in [2.24, 2.45) is 0 Å². The molecule has 7 heteroatoms. The summed E-state index contributed by atoms with van der Waals surface area (Å²) in [6.45, 7) is 1.12. The van der Waals surface area contributed by atoms with Gasteiger partial charge in [-0.1, -0.05) is 34.1 Å². The van der Waals surface area contributed by atoms with Gasteiger partial charge in [-0.15, -0.1) is 0 Å². The first kappa shape index (κ1) is 19.8. The minimum Gasteiger partial charge on any atom is -0.381 e. The molecule has 2 aromatic carbocycles. The summed E-state index contributed by atoms with van der Waals surface area (Å²) in [6.07, 6.45) is 1.75. The van der Waals surface area contributed by atoms with Gasteiger partial charge in [-0.3, -0.25) is 19.3 Å². The zero-order chi connectivity index (χ0) is 20.4. The molecule has 2 saturated heterocycles. The van der Waals surface area contributed by atoms with Crippen LogP contribution in [0.1, 0.15) is 41.6 Å². The van der Waals surface area contributed by atoms with Gasteiger partial charge in [0.2, 0.25) is 11.8 Å². The molecule has 0 radical (unpaired) electrons. The Morgan fingerprint density at radius 3 is 2.38 bits per heavy atom. The second-order valence-corrected chi connectivity index (χ2v) is 8.25. The molecule has 0 bridgehead atoms. The van der Waals surface area contributed by atoms with Gasteiger partial charge in [-0.25, -0.2) is 0 Å². The Kier molecular flexibility index (Phi) is 5.52. The van der Waals surface area contributed by atoms with Crippen LogP contribution < -0.4 is 10.2 Å². The smallest absolute Gasteiger partial charge is 0.252 e. The Bertz CT molecular complexity index is 953. The molecule has 4 rings (SSSR count). The van der Waals surface area contributed by atoms with Crippen LogP contribution in [0.4, 0.5) is 5.69 Å². The molecular weight excluding hydrogens is 436 g/mol. The molecule has 0 atom stereocenters. The highest BCUT2D eigenvalue weighted by molar-refractivity contribution is 9.10. The third-order valence-electron chi connectivity index (χ3n) is 5.49. The predicted molar refractivity (Wildman–Crippen MR) is 112 cm³/mol. The van der Waals surface area contributed by atoms with Crippen LogP contribution in [-0.4, -0.2) is 30.9 Å². The predicted octanol–water partition coefficient (Wildman–Crippen LogP) is 3.54. The molecular formula is C22H21BrN2O4. The number of imide groups is 1. The second-order valence-electron chi connectivity index (χ2n) is 7.33. The van der Waals surface area contributed by atoms with E-state index in [0.29, 0.717) is 37.3 Å². The van der Waals surface area contributed by atoms with Gasteiger partial charge >= 0.3 is 0 Å². The zero-order valence-electron chi connectivity index (χ0n) is 15.8. The molecule has 0 aliphatic carbocycles. The molecule has 0 aromatic heterocycles. The lowest BCUT2D eigenvalue weighted by molar-refractivity contribution is -0.121. The van der Waals surface area contributed by atoms with E-state index in [9.17, 15) is 14.4 Å². The van der Waals surface area contributed by atoms with Crippen LogP contribution in [0.5, 0.6) is 0 Å². The van der Waals surface area contributed by atoms with Gasteiger partial charge in [0, 0.05) is 36.1 Å². The Hall–Kier alpha value is -2.51. The zero-order valence-corrected chi connectivity index (χ0v) is 17.4. The SMILES string of the molecule is O=C(NC1(c2cccc(Br)c2)CCOCC1)c1cccc(N2C(=O)CCC2=O)c1. The van der Waals surface area contributed by atoms with E-state index in [2.05, 4.69) is 21.2 Å². The van der Waals surface area contributed by atoms with Crippen LogP contribution in [0.15, 0.2) is 53.0 Å². The second kappa shape index (κ2) is 8.08. The molecule has 6 nitrogen and oxygen atoms in total. The number of nitrogens with one attached hydrogen (secondary N) is 1. The molecule has 150 valence electrons. The van der Waals surface area contributed by atoms with Crippen molar-refractivity contribution >= 4 is 39.3 Å². The maximum Gasteiger partial charge on any atom is 0.252 e. The number of benzene rings is 2. The van der Waals surface area contributed by atoms with Crippen molar-refractivity contribution in [3.05, 3.63) is 64.1 Å². The summed E-state index contributed by atoms with van der Waals surface area (Å²) in [5.41, 5.74) is 1.34. The quantitative estimate of drug-likeness (QED) is 0.713. The van der Waals surface area contributed by atoms with Gasteiger partial charge in [0.15, 0.2) is 0 Å². The number of anilines is 1. The summed E-state index contributed by atoms with van der Waals surface area (Å²) in [5.74, 6) is -0.710. The fraction of sp³-hybridized carbons (Fsp3) is 0.318. The van der Waals surface area contributed by atoms with Crippen molar-refractivity contribution in [2.75, 3.05) is 18.1 Å². The van der Waals surface area contributed by atoms with E-state index in [1.54, 1.807) is 24.3 Å². The van der Waals surface area contributed by atoms with Crippen LogP contribution in [-0.2, 0) is 19.9 Å². The van der Waals surface area contributed by atoms with Crippen LogP contribution >= 0.6 is 15.9 Å². The third kappa shape index (κ3) is 3.97. The molecule has 0 saturated carbocycles. The molecule has 29 heavy (non-hydrogen) atoms. The molecule has 2 aliphatic heterocycles. The minimum absolute atomic E-state index is 0.210. The third-order valence-corrected chi connectivity index (χ3v) is 5.99. The van der Waals surface area contributed by atoms with E-state index < -0.39 is 5.54 Å². The van der Waals surface area contributed by atoms with Crippen molar-refractivity contribution in [1.82, 2.24) is 5.32 Å². The van der Waals surface area contributed by atoms with Gasteiger partial charge in [0.05, 0.1) is 11.2 Å². The van der Waals surface area contributed by atoms with Crippen molar-refractivity contribution in [2.45, 2.75) is 31.2 Å². The number of carbonyl (C=O) groups is 3. The van der Waals surface area contributed by atoms with Crippen molar-refractivity contribution < 1.29 is 19.1 Å². The lowest BCUT2D eigenvalue weighted by atomic mass is 9.82. The molecule has 2 aliphatic rings. The Balaban J connectivity index is 1.63. The van der Waals surface area contributed by atoms with E-state index in [-0.39, 0.29) is 30.6 Å². The molecule has 1 N–H and O–H groups in total. The van der Waals surface area contributed by atoms with Gasteiger partial charge in [0.25, 0.3) is 5.91 Å². The van der Waals surface area contributed by atoms with E-state index >= 15 is 0 Å². The van der Waals surface area contributed by atoms with E-state index in [1.165, 1.54) is 0 Å². The fourth-order valence-corrected chi connectivity index (χ4v) is 4.33. The summed E-state index contributed by atoms with van der Waals surface area (Å²) in [4.78, 5) is 38.4. The van der Waals surface area contributed by atoms with Crippen LogP contribution in [0.25, 0.3) is 0 Å². The van der Waals surface area contributed by atoms with E-state index in [1.807, 2.05) is 24.3 Å². The average molecular weight is 457 g/mol. The molecule has 2 fully saturated rings. The Morgan fingerprint density at radius 2 is 1.69 bits per heavy atom. The topological polar surface area (TPSA) is 75.7 Å². The summed E-state index contributed by atoms with van der Waals surface area (Å²) in [7, 11) is 0. The minimum atomic E-state index is -0.533. The number of halogens is 1. The van der Waals surface area contributed by atoms with Crippen LogP contribution in [0, 0.1) is 0 Å². The monoisotopic (exact) mass is 456 g/mol. The summed E-state index contributed by atoms with van der Waals surface area (Å²) in [5, 5.41) is 3.20. The van der Waals surface area contributed by atoms with Crippen LogP contribution in [0.3, 0.4) is 0 Å². The summed E-state index contributed by atoms with van der Waals surface area (Å²) in [6, 6.07) is 14.6. The molecule has 2 heterocycles. The maximum atomic E-state index is 13.2. The number of carbonyl (C=O) groups excluding carboxylic acids is 3. The summed E-state index contributed by atoms with van der Waals surface area (Å²) < 4.78 is 6.48. The van der Waals surface area contributed by atoms with Crippen molar-refractivity contribution in [3.63, 3.8) is 0 Å². The average Bonchev–Trinajstić information content (AvgIpc) is 3.07. The molecule has 0 unspecified atom stereocenters. The number of amides is 3. The lowest BCUT2D eigenvalue weighted by Gasteiger charge is -2.38. The van der Waals surface area contributed by atoms with E-state index in [4.69, 9.17) is 4.74 Å². The number of hydrogen-bond donors (Lipinski definition) is 1. The number of ether oxygens (including phenoxy) is 1. The standard InChI is InChI=1S/C22H21BrN2O4/c23-17-5-2-4-16(14-17)22(9-11-29-12-10-22)24-21(28)15-3-1-6-18(13-15)25-19(26)7-8-20(25)27/h1-6,13-14H,7-12H2,(H,24,28). The Morgan fingerprint density at radius 1 is 1.00 bits per heavy atom. The maximum absolute atomic E-state index is 13.2. The molecule has 0 spiro atoms. The fourth-order valence-electron chi connectivity index (χ4n) is 3.93. The Labute approximate surface area is 177 Å². The van der Waals surface area contributed by atoms with Gasteiger partial charge in [0.1, 0.15) is 0 Å². The highest BCUT2D eigenvalue weighted by Crippen LogP contribution is 2.34. The van der Waals surface area contributed by atoms with Crippen LogP contribution in [0.2, 0.25) is 0 Å². The highest BCUT2D eigenvalue weighted by Gasteiger charge is 2.37. The number of rotatable bonds is 4. The van der Waals surface area contributed by atoms with Crippen molar-refractivity contribution in [3.8, 4) is 0 Å². The lowest BCUT2D eigenvalue weighted by Crippen LogP contribution is -2.49. The molecule has 3 amide bonds. The van der Waals surface area contributed by atoms with Gasteiger partial charge in [-0.2, -0.15) is 0 Å². The van der Waals surface area contributed by atoms with Crippen molar-refractivity contribution in [1.29, 1.82) is 0 Å².